The van der Waals surface area contributed by atoms with E-state index in [1.807, 2.05) is 0 Å². The smallest absolute Gasteiger partial charge is 0.288 e. The summed E-state index contributed by atoms with van der Waals surface area (Å²) in [4.78, 5) is 37.3. The van der Waals surface area contributed by atoms with Crippen LogP contribution in [0.25, 0.3) is 5.69 Å². The van der Waals surface area contributed by atoms with Crippen molar-refractivity contribution in [2.24, 2.45) is 14.1 Å². The van der Waals surface area contributed by atoms with Crippen LogP contribution in [0.2, 0.25) is 0 Å². The molecule has 0 saturated carbocycles. The monoisotopic (exact) mass is 396 g/mol. The lowest BCUT2D eigenvalue weighted by atomic mass is 10.2. The normalized spacial score (nSPS) is 11.5. The molecule has 0 aliphatic rings. The number of hydrogen-bond donors (Lipinski definition) is 1. The molecule has 2 heterocycles. The van der Waals surface area contributed by atoms with Crippen LogP contribution in [0.1, 0.15) is 16.1 Å². The number of anilines is 1. The first kappa shape index (κ1) is 18.9. The molecule has 146 valence electrons. The zero-order valence-corrected chi connectivity index (χ0v) is 14.3. The number of alkyl halides is 3. The molecule has 11 nitrogen and oxygen atoms in total. The van der Waals surface area contributed by atoms with Gasteiger partial charge in [-0.1, -0.05) is 11.2 Å². The van der Waals surface area contributed by atoms with Crippen LogP contribution >= 0.6 is 0 Å². The summed E-state index contributed by atoms with van der Waals surface area (Å²) in [6.07, 6.45) is -4.68. The fraction of sp³-hybridized carbons (Fsp3) is 0.214. The van der Waals surface area contributed by atoms with E-state index in [2.05, 4.69) is 25.9 Å². The predicted molar refractivity (Wildman–Crippen MR) is 86.8 cm³/mol. The van der Waals surface area contributed by atoms with Crippen molar-refractivity contribution >= 4 is 11.9 Å². The van der Waals surface area contributed by atoms with Gasteiger partial charge in [0.05, 0.1) is 11.3 Å². The summed E-state index contributed by atoms with van der Waals surface area (Å²) in [5.41, 5.74) is -4.39. The van der Waals surface area contributed by atoms with Crippen molar-refractivity contribution in [3.05, 3.63) is 56.4 Å². The molecular formula is C14H11F3N8O3. The third-order valence-electron chi connectivity index (χ3n) is 3.62. The number of tetrazole rings is 1. The maximum Gasteiger partial charge on any atom is 0.416 e. The molecule has 1 aromatic carbocycles. The summed E-state index contributed by atoms with van der Waals surface area (Å²) in [5, 5.41) is 16.1. The summed E-state index contributed by atoms with van der Waals surface area (Å²) in [6, 6.07) is 3.58. The number of aryl methyl sites for hydroxylation is 2. The lowest BCUT2D eigenvalue weighted by Gasteiger charge is -2.12. The van der Waals surface area contributed by atoms with E-state index in [1.165, 1.54) is 7.05 Å². The highest BCUT2D eigenvalue weighted by molar-refractivity contribution is 6.01. The molecule has 0 saturated heterocycles. The van der Waals surface area contributed by atoms with Crippen LogP contribution in [0, 0.1) is 0 Å². The summed E-state index contributed by atoms with van der Waals surface area (Å²) in [7, 11) is 2.57. The van der Waals surface area contributed by atoms with Crippen LogP contribution in [0.15, 0.2) is 33.9 Å². The van der Waals surface area contributed by atoms with Crippen LogP contribution in [0.5, 0.6) is 0 Å². The van der Waals surface area contributed by atoms with E-state index in [9.17, 15) is 27.6 Å². The fourth-order valence-electron chi connectivity index (χ4n) is 2.26. The van der Waals surface area contributed by atoms with Crippen molar-refractivity contribution in [2.75, 3.05) is 5.32 Å². The molecule has 3 rings (SSSR count). The Bertz CT molecular complexity index is 1180. The summed E-state index contributed by atoms with van der Waals surface area (Å²) < 4.78 is 41.0. The van der Waals surface area contributed by atoms with Crippen LogP contribution in [-0.4, -0.2) is 40.5 Å². The van der Waals surface area contributed by atoms with E-state index in [1.54, 1.807) is 0 Å². The number of hydrogen-bond acceptors (Lipinski definition) is 7. The lowest BCUT2D eigenvalue weighted by molar-refractivity contribution is -0.137. The second-order valence-corrected chi connectivity index (χ2v) is 5.52. The lowest BCUT2D eigenvalue weighted by Crippen LogP contribution is -2.43. The van der Waals surface area contributed by atoms with Gasteiger partial charge in [-0.25, -0.2) is 18.7 Å². The molecule has 0 unspecified atom stereocenters. The number of nitrogens with zero attached hydrogens (tertiary/aromatic N) is 7. The van der Waals surface area contributed by atoms with Gasteiger partial charge < -0.3 is 0 Å². The molecular weight excluding hydrogens is 385 g/mol. The van der Waals surface area contributed by atoms with Gasteiger partial charge in [-0.15, -0.1) is 0 Å². The molecule has 0 atom stereocenters. The Balaban J connectivity index is 2.14. The van der Waals surface area contributed by atoms with Crippen molar-refractivity contribution in [1.82, 2.24) is 34.6 Å². The van der Waals surface area contributed by atoms with Crippen LogP contribution in [-0.2, 0) is 20.3 Å². The SMILES string of the molecule is Cn1nnnc1NC(=O)c1nn(C)c(=O)n(-c2cccc(C(F)(F)F)c2)c1=O. The predicted octanol–water partition coefficient (Wildman–Crippen LogP) is -0.274. The van der Waals surface area contributed by atoms with Gasteiger partial charge in [0.1, 0.15) is 0 Å². The Hall–Kier alpha value is -3.84. The van der Waals surface area contributed by atoms with Gasteiger partial charge in [0.15, 0.2) is 0 Å². The Morgan fingerprint density at radius 1 is 1.14 bits per heavy atom. The maximum absolute atomic E-state index is 13.0. The molecule has 0 bridgehead atoms. The van der Waals surface area contributed by atoms with E-state index in [-0.39, 0.29) is 11.6 Å². The highest BCUT2D eigenvalue weighted by Gasteiger charge is 2.31. The minimum Gasteiger partial charge on any atom is -0.288 e. The molecule has 0 fully saturated rings. The highest BCUT2D eigenvalue weighted by Crippen LogP contribution is 2.29. The maximum atomic E-state index is 13.0. The molecule has 0 radical (unpaired) electrons. The average molecular weight is 396 g/mol. The van der Waals surface area contributed by atoms with Crippen LogP contribution in [0.4, 0.5) is 19.1 Å². The number of aromatic nitrogens is 7. The van der Waals surface area contributed by atoms with Gasteiger partial charge in [-0.3, -0.25) is 14.9 Å². The Labute approximate surface area is 153 Å². The fourth-order valence-corrected chi connectivity index (χ4v) is 2.26. The highest BCUT2D eigenvalue weighted by atomic mass is 19.4. The van der Waals surface area contributed by atoms with Gasteiger partial charge >= 0.3 is 11.9 Å². The number of carbonyl (C=O) groups excluding carboxylic acids is 1. The Morgan fingerprint density at radius 2 is 1.86 bits per heavy atom. The molecule has 0 aliphatic heterocycles. The van der Waals surface area contributed by atoms with E-state index < -0.39 is 34.6 Å². The van der Waals surface area contributed by atoms with Gasteiger partial charge in [-0.2, -0.15) is 18.3 Å². The molecule has 28 heavy (non-hydrogen) atoms. The topological polar surface area (TPSA) is 130 Å². The molecule has 1 N–H and O–H groups in total. The van der Waals surface area contributed by atoms with E-state index in [4.69, 9.17) is 0 Å². The third kappa shape index (κ3) is 3.38. The molecule has 0 aliphatic carbocycles. The minimum absolute atomic E-state index is 0.106. The number of carbonyl (C=O) groups is 1. The number of halogens is 3. The van der Waals surface area contributed by atoms with Crippen molar-refractivity contribution in [3.8, 4) is 5.69 Å². The van der Waals surface area contributed by atoms with E-state index >= 15 is 0 Å². The van der Waals surface area contributed by atoms with Gasteiger partial charge in [0.25, 0.3) is 11.5 Å². The van der Waals surface area contributed by atoms with Crippen molar-refractivity contribution in [1.29, 1.82) is 0 Å². The van der Waals surface area contributed by atoms with Gasteiger partial charge in [-0.05, 0) is 28.6 Å². The third-order valence-corrected chi connectivity index (χ3v) is 3.62. The second kappa shape index (κ2) is 6.71. The summed E-state index contributed by atoms with van der Waals surface area (Å²) >= 11 is 0. The van der Waals surface area contributed by atoms with E-state index in [0.29, 0.717) is 15.3 Å². The number of amides is 1. The minimum atomic E-state index is -4.68. The van der Waals surface area contributed by atoms with Gasteiger partial charge in [0.2, 0.25) is 11.6 Å². The molecule has 1 amide bonds. The number of nitrogens with one attached hydrogen (secondary N) is 1. The van der Waals surface area contributed by atoms with Crippen molar-refractivity contribution in [3.63, 3.8) is 0 Å². The summed E-state index contributed by atoms with van der Waals surface area (Å²) in [6.45, 7) is 0. The first-order valence-electron chi connectivity index (χ1n) is 7.51. The summed E-state index contributed by atoms with van der Waals surface area (Å²) in [5.74, 6) is -1.15. The first-order valence-corrected chi connectivity index (χ1v) is 7.51. The largest absolute Gasteiger partial charge is 0.416 e. The Kier molecular flexibility index (Phi) is 4.54. The molecule has 3 aromatic rings. The zero-order valence-electron chi connectivity index (χ0n) is 14.3. The van der Waals surface area contributed by atoms with Gasteiger partial charge in [0, 0.05) is 14.1 Å². The number of rotatable bonds is 3. The standard InChI is InChI=1S/C14H11F3N8O3/c1-23-12(19-21-22-23)18-10(26)9-11(27)25(13(28)24(2)20-9)8-5-3-4-7(6-8)14(15,16)17/h3-6H,1-2H3,(H,18,19,22,26). The van der Waals surface area contributed by atoms with Crippen LogP contribution in [0.3, 0.4) is 0 Å². The molecule has 14 heteroatoms. The molecule has 2 aromatic heterocycles. The first-order chi connectivity index (χ1) is 13.1. The Morgan fingerprint density at radius 3 is 2.46 bits per heavy atom. The van der Waals surface area contributed by atoms with E-state index in [0.717, 1.165) is 29.9 Å². The quantitative estimate of drug-likeness (QED) is 0.645. The van der Waals surface area contributed by atoms with Crippen molar-refractivity contribution in [2.45, 2.75) is 6.18 Å². The average Bonchev–Trinajstić information content (AvgIpc) is 3.02. The zero-order chi connectivity index (χ0) is 20.6. The van der Waals surface area contributed by atoms with Crippen molar-refractivity contribution < 1.29 is 18.0 Å². The molecule has 0 spiro atoms. The second-order valence-electron chi connectivity index (χ2n) is 5.52. The number of benzene rings is 1. The van der Waals surface area contributed by atoms with Crippen LogP contribution < -0.4 is 16.6 Å².